The molecule has 55 heavy (non-hydrogen) atoms. The van der Waals surface area contributed by atoms with Gasteiger partial charge >= 0.3 is 12.2 Å². The fourth-order valence-electron chi connectivity index (χ4n) is 8.62. The molecule has 3 N–H and O–H groups in total. The predicted molar refractivity (Wildman–Crippen MR) is 204 cm³/mol. The number of nitrogens with zero attached hydrogens (tertiary/aromatic N) is 2. The van der Waals surface area contributed by atoms with Crippen LogP contribution >= 0.6 is 0 Å². The van der Waals surface area contributed by atoms with Crippen LogP contribution in [0.2, 0.25) is 0 Å². The highest BCUT2D eigenvalue weighted by Gasteiger charge is 2.67. The van der Waals surface area contributed by atoms with Gasteiger partial charge in [-0.05, 0) is 78.9 Å². The van der Waals surface area contributed by atoms with Gasteiger partial charge in [-0.25, -0.2) is 18.0 Å². The fourth-order valence-corrected chi connectivity index (χ4v) is 10.0. The number of nitrogens with one attached hydrogen (secondary N) is 3. The molecule has 1 aromatic carbocycles. The zero-order chi connectivity index (χ0) is 40.0. The van der Waals surface area contributed by atoms with Crippen molar-refractivity contribution in [1.82, 2.24) is 25.2 Å². The van der Waals surface area contributed by atoms with Crippen LogP contribution in [-0.4, -0.2) is 90.8 Å². The molecule has 2 aliphatic carbocycles. The number of carbonyl (C=O) groups excluding carboxylic acids is 5. The molecule has 1 aromatic rings. The Hall–Kier alpha value is -3.88. The lowest BCUT2D eigenvalue weighted by atomic mass is 9.87. The summed E-state index contributed by atoms with van der Waals surface area (Å²) in [5.41, 5.74) is 1.89. The normalized spacial score (nSPS) is 30.5. The van der Waals surface area contributed by atoms with Crippen LogP contribution in [0.4, 0.5) is 9.59 Å². The smallest absolute Gasteiger partial charge is 0.410 e. The molecule has 5 aliphatic rings. The molecule has 7 unspecified atom stereocenters. The van der Waals surface area contributed by atoms with Gasteiger partial charge in [0, 0.05) is 25.6 Å². The van der Waals surface area contributed by atoms with Crippen LogP contribution in [0.15, 0.2) is 18.2 Å². The van der Waals surface area contributed by atoms with Gasteiger partial charge in [-0.15, -0.1) is 0 Å². The summed E-state index contributed by atoms with van der Waals surface area (Å²) < 4.78 is 39.3. The van der Waals surface area contributed by atoms with Crippen molar-refractivity contribution in [2.45, 2.75) is 142 Å². The van der Waals surface area contributed by atoms with Gasteiger partial charge in [0.25, 0.3) is 0 Å². The minimum atomic E-state index is -3.80. The van der Waals surface area contributed by atoms with Crippen molar-refractivity contribution in [2.75, 3.05) is 13.2 Å². The van der Waals surface area contributed by atoms with Gasteiger partial charge < -0.3 is 25.0 Å². The van der Waals surface area contributed by atoms with Crippen LogP contribution < -0.4 is 15.4 Å². The maximum absolute atomic E-state index is 14.6. The Morgan fingerprint density at radius 1 is 1.04 bits per heavy atom. The number of hydrogen-bond acceptors (Lipinski definition) is 9. The summed E-state index contributed by atoms with van der Waals surface area (Å²) in [5.74, 6) is -2.45. The number of fused-ring (bicyclic) bond motifs is 3. The van der Waals surface area contributed by atoms with Crippen LogP contribution in [0.3, 0.4) is 0 Å². The van der Waals surface area contributed by atoms with E-state index in [4.69, 9.17) is 9.47 Å². The lowest BCUT2D eigenvalue weighted by molar-refractivity contribution is -0.141. The highest BCUT2D eigenvalue weighted by atomic mass is 32.2. The Bertz CT molecular complexity index is 1800. The summed E-state index contributed by atoms with van der Waals surface area (Å²) in [5, 5.41) is 5.19. The van der Waals surface area contributed by atoms with Gasteiger partial charge in [0.1, 0.15) is 18.2 Å². The van der Waals surface area contributed by atoms with Crippen molar-refractivity contribution >= 4 is 39.9 Å². The molecule has 3 heterocycles. The summed E-state index contributed by atoms with van der Waals surface area (Å²) >= 11 is 0. The molecular formula is C40H59N5O9S. The molecule has 6 rings (SSSR count). The number of amides is 5. The van der Waals surface area contributed by atoms with E-state index < -0.39 is 74.8 Å². The molecule has 0 radical (unpaired) electrons. The maximum Gasteiger partial charge on any atom is 0.410 e. The number of hydrogen-bond donors (Lipinski definition) is 3. The lowest BCUT2D eigenvalue weighted by Crippen LogP contribution is -2.57. The van der Waals surface area contributed by atoms with Crippen molar-refractivity contribution in [2.24, 2.45) is 28.6 Å². The average Bonchev–Trinajstić information content (AvgIpc) is 3.97. The first-order chi connectivity index (χ1) is 25.9. The Kier molecular flexibility index (Phi) is 11.5. The van der Waals surface area contributed by atoms with Crippen LogP contribution in [0, 0.1) is 28.6 Å². The molecule has 1 saturated heterocycles. The number of sulfonamides is 1. The second-order valence-corrected chi connectivity index (χ2v) is 19.8. The molecule has 5 amide bonds. The number of benzene rings is 1. The molecule has 15 heteroatoms. The van der Waals surface area contributed by atoms with E-state index >= 15 is 0 Å². The molecule has 0 spiro atoms. The standard InChI is InChI=1S/C40H59N5O9S/c1-8-30-33(40(30,7)36(48)43-55(51,52)28-15-16-28)42-34(46)31-18-27-20-45(31)35(47)32(24(4)23(2)3)41-37(49)53-22-39(5,6)17-10-9-12-25-13-11-14-26-19-44(21-29(25)26)38(50)54-27/h11,13-14,23-24,27-28,30-33H,8-10,12,15-22H2,1-7H3,(H,41,49)(H,42,46)(H,43,48). The molecule has 14 nitrogen and oxygen atoms in total. The van der Waals surface area contributed by atoms with Crippen molar-refractivity contribution < 1.29 is 41.9 Å². The van der Waals surface area contributed by atoms with Crippen LogP contribution in [-0.2, 0) is 53.4 Å². The highest BCUT2D eigenvalue weighted by molar-refractivity contribution is 7.90. The summed E-state index contributed by atoms with van der Waals surface area (Å²) in [6, 6.07) is 3.30. The van der Waals surface area contributed by atoms with E-state index in [1.165, 1.54) is 10.5 Å². The van der Waals surface area contributed by atoms with Crippen molar-refractivity contribution in [3.63, 3.8) is 0 Å². The summed E-state index contributed by atoms with van der Waals surface area (Å²) in [6.07, 6.45) is 2.93. The topological polar surface area (TPSA) is 181 Å². The van der Waals surface area contributed by atoms with Gasteiger partial charge in [0.15, 0.2) is 0 Å². The third-order valence-electron chi connectivity index (χ3n) is 12.8. The van der Waals surface area contributed by atoms with E-state index in [-0.39, 0.29) is 42.7 Å². The van der Waals surface area contributed by atoms with E-state index in [0.29, 0.717) is 32.4 Å². The third-order valence-corrected chi connectivity index (χ3v) is 14.7. The Labute approximate surface area is 325 Å². The van der Waals surface area contributed by atoms with Crippen molar-refractivity contribution in [1.29, 1.82) is 0 Å². The SMILES string of the molecule is CCC1C(NC(=O)C2CC3CN2C(=O)C(C(C)C(C)C)NC(=O)OCC(C)(C)CCCCc2cccc4c2CN(C4)C(=O)O3)C1(C)C(=O)NS(=O)(=O)C1CC1. The molecule has 3 fully saturated rings. The molecule has 7 atom stereocenters. The van der Waals surface area contributed by atoms with Gasteiger partial charge in [-0.3, -0.25) is 24.0 Å². The highest BCUT2D eigenvalue weighted by Crippen LogP contribution is 2.55. The van der Waals surface area contributed by atoms with Gasteiger partial charge in [0.05, 0.1) is 23.8 Å². The number of alkyl carbamates (subject to hydrolysis) is 1. The first kappa shape index (κ1) is 40.8. The van der Waals surface area contributed by atoms with E-state index in [1.807, 2.05) is 53.7 Å². The molecule has 3 aliphatic heterocycles. The Morgan fingerprint density at radius 2 is 1.75 bits per heavy atom. The third kappa shape index (κ3) is 8.61. The number of rotatable bonds is 8. The minimum absolute atomic E-state index is 0.000745. The maximum atomic E-state index is 14.6. The Balaban J connectivity index is 1.26. The van der Waals surface area contributed by atoms with Gasteiger partial charge in [-0.2, -0.15) is 0 Å². The predicted octanol–water partition coefficient (Wildman–Crippen LogP) is 4.39. The number of carbonyl (C=O) groups is 5. The van der Waals surface area contributed by atoms with Crippen molar-refractivity contribution in [3.05, 3.63) is 34.9 Å². The van der Waals surface area contributed by atoms with E-state index in [0.717, 1.165) is 36.8 Å². The lowest BCUT2D eigenvalue weighted by Gasteiger charge is -2.33. The fraction of sp³-hybridized carbons (Fsp3) is 0.725. The first-order valence-electron chi connectivity index (χ1n) is 20.0. The second-order valence-electron chi connectivity index (χ2n) is 17.8. The quantitative estimate of drug-likeness (QED) is 0.345. The molecular weight excluding hydrogens is 727 g/mol. The van der Waals surface area contributed by atoms with E-state index in [2.05, 4.69) is 21.4 Å². The van der Waals surface area contributed by atoms with Gasteiger partial charge in [0.2, 0.25) is 27.7 Å². The number of aryl methyl sites for hydroxylation is 1. The number of ether oxygens (including phenoxy) is 2. The summed E-state index contributed by atoms with van der Waals surface area (Å²) in [7, 11) is -3.80. The van der Waals surface area contributed by atoms with E-state index in [1.54, 1.807) is 11.8 Å². The summed E-state index contributed by atoms with van der Waals surface area (Å²) in [4.78, 5) is 72.4. The van der Waals surface area contributed by atoms with Crippen LogP contribution in [0.5, 0.6) is 0 Å². The van der Waals surface area contributed by atoms with Crippen LogP contribution in [0.25, 0.3) is 0 Å². The molecule has 0 aromatic heterocycles. The van der Waals surface area contributed by atoms with E-state index in [9.17, 15) is 32.4 Å². The first-order valence-corrected chi connectivity index (χ1v) is 21.6. The monoisotopic (exact) mass is 785 g/mol. The van der Waals surface area contributed by atoms with Crippen molar-refractivity contribution in [3.8, 4) is 0 Å². The Morgan fingerprint density at radius 3 is 2.42 bits per heavy atom. The number of cyclic esters (lactones) is 1. The summed E-state index contributed by atoms with van der Waals surface area (Å²) in [6.45, 7) is 14.2. The molecule has 2 saturated carbocycles. The largest absolute Gasteiger partial charge is 0.449 e. The molecule has 304 valence electrons. The zero-order valence-electron chi connectivity index (χ0n) is 33.3. The second kappa shape index (κ2) is 15.6. The molecule has 4 bridgehead atoms. The zero-order valence-corrected chi connectivity index (χ0v) is 34.1. The minimum Gasteiger partial charge on any atom is -0.449 e. The average molecular weight is 786 g/mol. The van der Waals surface area contributed by atoms with Gasteiger partial charge in [-0.1, -0.05) is 72.6 Å². The van der Waals surface area contributed by atoms with Crippen LogP contribution in [0.1, 0.15) is 110 Å².